The van der Waals surface area contributed by atoms with Crippen molar-refractivity contribution in [3.8, 4) is 5.75 Å². The molecule has 2 rings (SSSR count). The maximum atomic E-state index is 12.0. The summed E-state index contributed by atoms with van der Waals surface area (Å²) in [4.78, 5) is 0. The van der Waals surface area contributed by atoms with Crippen LogP contribution in [0.1, 0.15) is 17.2 Å². The fourth-order valence-corrected chi connectivity index (χ4v) is 1.52. The Bertz CT molecular complexity index is 491. The van der Waals surface area contributed by atoms with E-state index in [1.807, 2.05) is 0 Å². The van der Waals surface area contributed by atoms with E-state index in [1.165, 1.54) is 36.8 Å². The minimum atomic E-state index is -4.69. The third kappa shape index (κ3) is 3.04. The van der Waals surface area contributed by atoms with Crippen molar-refractivity contribution in [2.75, 3.05) is 0 Å². The lowest BCUT2D eigenvalue weighted by atomic mass is 10.0. The topological polar surface area (TPSA) is 48.4 Å². The van der Waals surface area contributed by atoms with Crippen molar-refractivity contribution < 1.29 is 22.3 Å². The van der Waals surface area contributed by atoms with E-state index in [2.05, 4.69) is 4.74 Å². The largest absolute Gasteiger partial charge is 0.573 e. The van der Waals surface area contributed by atoms with Gasteiger partial charge >= 0.3 is 6.36 Å². The van der Waals surface area contributed by atoms with Gasteiger partial charge in [-0.05, 0) is 23.8 Å². The van der Waals surface area contributed by atoms with Crippen molar-refractivity contribution in [1.82, 2.24) is 0 Å². The van der Waals surface area contributed by atoms with E-state index in [-0.39, 0.29) is 5.75 Å². The number of furan rings is 1. The molecule has 0 aliphatic heterocycles. The molecule has 0 spiro atoms. The summed E-state index contributed by atoms with van der Waals surface area (Å²) in [6.07, 6.45) is -1.71. The number of hydrogen-bond donors (Lipinski definition) is 1. The molecule has 0 aliphatic rings. The zero-order valence-corrected chi connectivity index (χ0v) is 9.15. The molecule has 0 fully saturated rings. The van der Waals surface area contributed by atoms with Gasteiger partial charge < -0.3 is 14.9 Å². The molecule has 1 aromatic carbocycles. The van der Waals surface area contributed by atoms with Gasteiger partial charge in [0.15, 0.2) is 0 Å². The van der Waals surface area contributed by atoms with Gasteiger partial charge in [0.2, 0.25) is 0 Å². The summed E-state index contributed by atoms with van der Waals surface area (Å²) in [6.45, 7) is 0. The summed E-state index contributed by atoms with van der Waals surface area (Å²) in [5, 5.41) is 0. The number of hydrogen-bond acceptors (Lipinski definition) is 3. The van der Waals surface area contributed by atoms with Crippen molar-refractivity contribution in [3.63, 3.8) is 0 Å². The second-order valence-corrected chi connectivity index (χ2v) is 3.65. The molecule has 3 nitrogen and oxygen atoms in total. The molecule has 0 bridgehead atoms. The molecule has 18 heavy (non-hydrogen) atoms. The minimum absolute atomic E-state index is 0.273. The highest BCUT2D eigenvalue weighted by molar-refractivity contribution is 5.33. The maximum absolute atomic E-state index is 12.0. The zero-order chi connectivity index (χ0) is 13.2. The number of benzene rings is 1. The third-order valence-electron chi connectivity index (χ3n) is 2.38. The predicted octanol–water partition coefficient (Wildman–Crippen LogP) is 3.23. The number of halogens is 3. The molecule has 0 unspecified atom stereocenters. The lowest BCUT2D eigenvalue weighted by Crippen LogP contribution is -2.17. The molecule has 1 heterocycles. The van der Waals surface area contributed by atoms with Gasteiger partial charge in [0.25, 0.3) is 0 Å². The number of nitrogens with two attached hydrogens (primary N) is 1. The van der Waals surface area contributed by atoms with Gasteiger partial charge in [0.1, 0.15) is 5.75 Å². The zero-order valence-electron chi connectivity index (χ0n) is 9.15. The second kappa shape index (κ2) is 4.73. The standard InChI is InChI=1S/C12H10F3NO2/c13-12(14,15)18-10-3-1-8(2-4-10)11(16)9-5-6-17-7-9/h1-7,11H,16H2/t11-/m0/s1. The second-order valence-electron chi connectivity index (χ2n) is 3.65. The first kappa shape index (κ1) is 12.5. The van der Waals surface area contributed by atoms with Gasteiger partial charge in [-0.3, -0.25) is 0 Å². The van der Waals surface area contributed by atoms with E-state index < -0.39 is 12.4 Å². The molecule has 96 valence electrons. The van der Waals surface area contributed by atoms with Gasteiger partial charge in [-0.2, -0.15) is 0 Å². The fraction of sp³-hybridized carbons (Fsp3) is 0.167. The summed E-state index contributed by atoms with van der Waals surface area (Å²) in [7, 11) is 0. The smallest absolute Gasteiger partial charge is 0.472 e. The quantitative estimate of drug-likeness (QED) is 0.918. The first-order valence-corrected chi connectivity index (χ1v) is 5.09. The van der Waals surface area contributed by atoms with Crippen molar-refractivity contribution in [2.24, 2.45) is 5.73 Å². The molecule has 6 heteroatoms. The summed E-state index contributed by atoms with van der Waals surface area (Å²) in [6, 6.07) is 6.68. The van der Waals surface area contributed by atoms with E-state index in [0.29, 0.717) is 5.56 Å². The highest BCUT2D eigenvalue weighted by Gasteiger charge is 2.31. The SMILES string of the molecule is N[C@@H](c1ccc(OC(F)(F)F)cc1)c1ccoc1. The van der Waals surface area contributed by atoms with Crippen LogP contribution in [0, 0.1) is 0 Å². The van der Waals surface area contributed by atoms with Gasteiger partial charge in [0.05, 0.1) is 18.6 Å². The first-order valence-electron chi connectivity index (χ1n) is 5.09. The average molecular weight is 257 g/mol. The number of ether oxygens (including phenoxy) is 1. The lowest BCUT2D eigenvalue weighted by Gasteiger charge is -2.12. The van der Waals surface area contributed by atoms with Crippen LogP contribution in [0.2, 0.25) is 0 Å². The maximum Gasteiger partial charge on any atom is 0.573 e. The summed E-state index contributed by atoms with van der Waals surface area (Å²) < 4.78 is 44.6. The van der Waals surface area contributed by atoms with Crippen molar-refractivity contribution in [3.05, 3.63) is 54.0 Å². The predicted molar refractivity (Wildman–Crippen MR) is 57.9 cm³/mol. The molecule has 0 saturated carbocycles. The minimum Gasteiger partial charge on any atom is -0.472 e. The molecular weight excluding hydrogens is 247 g/mol. The average Bonchev–Trinajstić information content (AvgIpc) is 2.80. The Morgan fingerprint density at radius 3 is 2.22 bits per heavy atom. The van der Waals surface area contributed by atoms with Crippen LogP contribution < -0.4 is 10.5 Å². The monoisotopic (exact) mass is 257 g/mol. The van der Waals surface area contributed by atoms with Gasteiger partial charge in [-0.15, -0.1) is 13.2 Å². The van der Waals surface area contributed by atoms with Crippen molar-refractivity contribution in [2.45, 2.75) is 12.4 Å². The fourth-order valence-electron chi connectivity index (χ4n) is 1.52. The Hall–Kier alpha value is -1.95. The Balaban J connectivity index is 2.13. The molecule has 2 N–H and O–H groups in total. The Morgan fingerprint density at radius 2 is 1.72 bits per heavy atom. The van der Waals surface area contributed by atoms with Gasteiger partial charge in [-0.1, -0.05) is 12.1 Å². The van der Waals surface area contributed by atoms with Crippen LogP contribution in [-0.2, 0) is 0 Å². The highest BCUT2D eigenvalue weighted by Crippen LogP contribution is 2.26. The van der Waals surface area contributed by atoms with E-state index in [0.717, 1.165) is 5.56 Å². The van der Waals surface area contributed by atoms with E-state index in [4.69, 9.17) is 10.2 Å². The van der Waals surface area contributed by atoms with E-state index >= 15 is 0 Å². The number of alkyl halides is 3. The van der Waals surface area contributed by atoms with Crippen LogP contribution in [0.25, 0.3) is 0 Å². The Kier molecular flexibility index (Phi) is 3.29. The highest BCUT2D eigenvalue weighted by atomic mass is 19.4. The van der Waals surface area contributed by atoms with Crippen molar-refractivity contribution in [1.29, 1.82) is 0 Å². The third-order valence-corrected chi connectivity index (χ3v) is 2.38. The van der Waals surface area contributed by atoms with Gasteiger partial charge in [-0.25, -0.2) is 0 Å². The first-order chi connectivity index (χ1) is 8.46. The van der Waals surface area contributed by atoms with Crippen LogP contribution in [0.3, 0.4) is 0 Å². The normalized spacial score (nSPS) is 13.3. The lowest BCUT2D eigenvalue weighted by molar-refractivity contribution is -0.274. The molecule has 1 atom stereocenters. The van der Waals surface area contributed by atoms with Crippen molar-refractivity contribution >= 4 is 0 Å². The molecule has 0 radical (unpaired) electrons. The van der Waals surface area contributed by atoms with Crippen LogP contribution in [-0.4, -0.2) is 6.36 Å². The van der Waals surface area contributed by atoms with Crippen LogP contribution in [0.4, 0.5) is 13.2 Å². The van der Waals surface area contributed by atoms with Crippen LogP contribution in [0.15, 0.2) is 47.3 Å². The van der Waals surface area contributed by atoms with Gasteiger partial charge in [0, 0.05) is 5.56 Å². The molecular formula is C12H10F3NO2. The molecule has 0 aliphatic carbocycles. The molecule has 0 saturated heterocycles. The Labute approximate surface area is 101 Å². The Morgan fingerprint density at radius 1 is 1.06 bits per heavy atom. The summed E-state index contributed by atoms with van der Waals surface area (Å²) in [5.74, 6) is -0.273. The summed E-state index contributed by atoms with van der Waals surface area (Å²) >= 11 is 0. The summed E-state index contributed by atoms with van der Waals surface area (Å²) in [5.41, 5.74) is 7.34. The van der Waals surface area contributed by atoms with E-state index in [1.54, 1.807) is 6.07 Å². The number of rotatable bonds is 3. The molecule has 0 amide bonds. The van der Waals surface area contributed by atoms with E-state index in [9.17, 15) is 13.2 Å². The molecule has 1 aromatic heterocycles. The van der Waals surface area contributed by atoms with Crippen LogP contribution in [0.5, 0.6) is 5.75 Å². The molecule has 2 aromatic rings. The van der Waals surface area contributed by atoms with Crippen LogP contribution >= 0.6 is 0 Å².